The fourth-order valence-corrected chi connectivity index (χ4v) is 1.97. The number of anilines is 1. The number of nitrogens with one attached hydrogen (secondary N) is 1. The van der Waals surface area contributed by atoms with Gasteiger partial charge in [-0.05, 0) is 30.3 Å². The van der Waals surface area contributed by atoms with Crippen molar-refractivity contribution in [1.82, 2.24) is 4.98 Å². The standard InChI is InChI=1S/C15H18N4O/c1-19(10-12-4-3-9-18-15(12)20-2)13-7-5-11(6-8-13)14(16)17/h3-9H,10H2,1-2H3,(H3,16,17). The van der Waals surface area contributed by atoms with Gasteiger partial charge in [-0.3, -0.25) is 5.41 Å². The summed E-state index contributed by atoms with van der Waals surface area (Å²) in [6.45, 7) is 0.691. The fraction of sp³-hybridized carbons (Fsp3) is 0.200. The summed E-state index contributed by atoms with van der Waals surface area (Å²) in [6, 6.07) is 11.5. The molecule has 1 aromatic heterocycles. The van der Waals surface area contributed by atoms with E-state index in [2.05, 4.69) is 9.88 Å². The molecule has 1 aromatic carbocycles. The van der Waals surface area contributed by atoms with Crippen LogP contribution in [0.2, 0.25) is 0 Å². The number of pyridine rings is 1. The molecule has 0 radical (unpaired) electrons. The van der Waals surface area contributed by atoms with Gasteiger partial charge in [0.1, 0.15) is 5.84 Å². The van der Waals surface area contributed by atoms with Crippen LogP contribution in [0, 0.1) is 5.41 Å². The minimum absolute atomic E-state index is 0.0770. The van der Waals surface area contributed by atoms with Crippen molar-refractivity contribution in [2.45, 2.75) is 6.54 Å². The molecular formula is C15H18N4O. The first-order valence-electron chi connectivity index (χ1n) is 6.25. The quantitative estimate of drug-likeness (QED) is 0.643. The van der Waals surface area contributed by atoms with Crippen LogP contribution >= 0.6 is 0 Å². The zero-order valence-corrected chi connectivity index (χ0v) is 11.6. The summed E-state index contributed by atoms with van der Waals surface area (Å²) in [7, 11) is 3.61. The van der Waals surface area contributed by atoms with E-state index in [-0.39, 0.29) is 5.84 Å². The van der Waals surface area contributed by atoms with E-state index in [4.69, 9.17) is 15.9 Å². The number of hydrogen-bond acceptors (Lipinski definition) is 4. The molecule has 104 valence electrons. The highest BCUT2D eigenvalue weighted by Gasteiger charge is 2.08. The highest BCUT2D eigenvalue weighted by atomic mass is 16.5. The average Bonchev–Trinajstić information content (AvgIpc) is 2.48. The predicted molar refractivity (Wildman–Crippen MR) is 80.4 cm³/mol. The highest BCUT2D eigenvalue weighted by molar-refractivity contribution is 5.95. The number of rotatable bonds is 5. The number of ether oxygens (including phenoxy) is 1. The van der Waals surface area contributed by atoms with E-state index < -0.39 is 0 Å². The second-order valence-electron chi connectivity index (χ2n) is 4.49. The van der Waals surface area contributed by atoms with E-state index in [1.165, 1.54) is 0 Å². The Kier molecular flexibility index (Phi) is 4.20. The van der Waals surface area contributed by atoms with E-state index in [0.29, 0.717) is 12.4 Å². The Morgan fingerprint density at radius 1 is 1.30 bits per heavy atom. The largest absolute Gasteiger partial charge is 0.481 e. The number of aromatic nitrogens is 1. The normalized spacial score (nSPS) is 10.1. The molecule has 3 N–H and O–H groups in total. The predicted octanol–water partition coefficient (Wildman–Crippen LogP) is 2.01. The van der Waals surface area contributed by atoms with Crippen molar-refractivity contribution in [3.05, 3.63) is 53.7 Å². The molecule has 0 bridgehead atoms. The Hall–Kier alpha value is -2.56. The van der Waals surface area contributed by atoms with E-state index in [0.717, 1.165) is 16.8 Å². The summed E-state index contributed by atoms with van der Waals surface area (Å²) in [6.07, 6.45) is 1.71. The Balaban J connectivity index is 2.15. The summed E-state index contributed by atoms with van der Waals surface area (Å²) < 4.78 is 5.25. The number of hydrogen-bond donors (Lipinski definition) is 2. The van der Waals surface area contributed by atoms with Crippen LogP contribution in [0.3, 0.4) is 0 Å². The summed E-state index contributed by atoms with van der Waals surface area (Å²) in [5, 5.41) is 7.39. The highest BCUT2D eigenvalue weighted by Crippen LogP contribution is 2.20. The maximum Gasteiger partial charge on any atom is 0.218 e. The van der Waals surface area contributed by atoms with Crippen molar-refractivity contribution in [3.8, 4) is 5.88 Å². The van der Waals surface area contributed by atoms with Crippen molar-refractivity contribution in [2.75, 3.05) is 19.1 Å². The maximum absolute atomic E-state index is 7.39. The molecule has 0 unspecified atom stereocenters. The van der Waals surface area contributed by atoms with E-state index in [1.54, 1.807) is 13.3 Å². The van der Waals surface area contributed by atoms with Crippen LogP contribution in [-0.4, -0.2) is 25.0 Å². The van der Waals surface area contributed by atoms with Gasteiger partial charge in [0.25, 0.3) is 0 Å². The van der Waals surface area contributed by atoms with Crippen molar-refractivity contribution in [3.63, 3.8) is 0 Å². The van der Waals surface area contributed by atoms with Crippen molar-refractivity contribution in [2.24, 2.45) is 5.73 Å². The first-order chi connectivity index (χ1) is 9.61. The van der Waals surface area contributed by atoms with E-state index in [1.807, 2.05) is 43.4 Å². The molecule has 0 atom stereocenters. The summed E-state index contributed by atoms with van der Waals surface area (Å²) in [5.41, 5.74) is 8.23. The van der Waals surface area contributed by atoms with Gasteiger partial charge in [0.2, 0.25) is 5.88 Å². The van der Waals surface area contributed by atoms with Crippen LogP contribution in [0.5, 0.6) is 5.88 Å². The van der Waals surface area contributed by atoms with Gasteiger partial charge >= 0.3 is 0 Å². The molecule has 0 saturated carbocycles. The van der Waals surface area contributed by atoms with Gasteiger partial charge in [-0.1, -0.05) is 6.07 Å². The minimum atomic E-state index is 0.0770. The third-order valence-corrected chi connectivity index (χ3v) is 3.07. The number of amidine groups is 1. The molecule has 0 amide bonds. The smallest absolute Gasteiger partial charge is 0.218 e. The molecule has 0 aliphatic heterocycles. The Morgan fingerprint density at radius 2 is 2.00 bits per heavy atom. The molecule has 0 fully saturated rings. The molecule has 2 rings (SSSR count). The van der Waals surface area contributed by atoms with Gasteiger partial charge < -0.3 is 15.4 Å². The zero-order chi connectivity index (χ0) is 14.5. The minimum Gasteiger partial charge on any atom is -0.481 e. The maximum atomic E-state index is 7.39. The topological polar surface area (TPSA) is 75.2 Å². The molecule has 0 spiro atoms. The number of benzene rings is 1. The Labute approximate surface area is 118 Å². The summed E-state index contributed by atoms with van der Waals surface area (Å²) in [4.78, 5) is 6.27. The number of nitrogen functional groups attached to an aromatic ring is 1. The second kappa shape index (κ2) is 6.06. The lowest BCUT2D eigenvalue weighted by molar-refractivity contribution is 0.392. The summed E-state index contributed by atoms with van der Waals surface area (Å²) >= 11 is 0. The van der Waals surface area contributed by atoms with Crippen LogP contribution < -0.4 is 15.4 Å². The van der Waals surface area contributed by atoms with Gasteiger partial charge in [-0.2, -0.15) is 0 Å². The van der Waals surface area contributed by atoms with Gasteiger partial charge in [0, 0.05) is 36.6 Å². The second-order valence-corrected chi connectivity index (χ2v) is 4.49. The Morgan fingerprint density at radius 3 is 2.60 bits per heavy atom. The number of methoxy groups -OCH3 is 1. The monoisotopic (exact) mass is 270 g/mol. The van der Waals surface area contributed by atoms with Crippen LogP contribution in [0.1, 0.15) is 11.1 Å². The summed E-state index contributed by atoms with van der Waals surface area (Å²) in [5.74, 6) is 0.716. The van der Waals surface area contributed by atoms with Gasteiger partial charge in [0.15, 0.2) is 0 Å². The molecule has 0 aliphatic rings. The molecule has 20 heavy (non-hydrogen) atoms. The zero-order valence-electron chi connectivity index (χ0n) is 11.6. The SMILES string of the molecule is COc1ncccc1CN(C)c1ccc(C(=N)N)cc1. The molecule has 0 saturated heterocycles. The lowest BCUT2D eigenvalue weighted by atomic mass is 10.1. The fourth-order valence-electron chi connectivity index (χ4n) is 1.97. The number of nitrogens with zero attached hydrogens (tertiary/aromatic N) is 2. The van der Waals surface area contributed by atoms with Gasteiger partial charge in [0.05, 0.1) is 7.11 Å². The number of nitrogens with two attached hydrogens (primary N) is 1. The van der Waals surface area contributed by atoms with Crippen molar-refractivity contribution >= 4 is 11.5 Å². The first-order valence-corrected chi connectivity index (χ1v) is 6.25. The van der Waals surface area contributed by atoms with E-state index >= 15 is 0 Å². The van der Waals surface area contributed by atoms with Gasteiger partial charge in [-0.15, -0.1) is 0 Å². The van der Waals surface area contributed by atoms with Crippen molar-refractivity contribution < 1.29 is 4.74 Å². The lowest BCUT2D eigenvalue weighted by Crippen LogP contribution is -2.17. The first kappa shape index (κ1) is 13.9. The van der Waals surface area contributed by atoms with Crippen LogP contribution in [-0.2, 0) is 6.54 Å². The van der Waals surface area contributed by atoms with Crippen LogP contribution in [0.25, 0.3) is 0 Å². The molecule has 5 nitrogen and oxygen atoms in total. The molecular weight excluding hydrogens is 252 g/mol. The molecule has 2 aromatic rings. The molecule has 0 aliphatic carbocycles. The lowest BCUT2D eigenvalue weighted by Gasteiger charge is -2.20. The van der Waals surface area contributed by atoms with E-state index in [9.17, 15) is 0 Å². The molecule has 1 heterocycles. The van der Waals surface area contributed by atoms with Crippen LogP contribution in [0.15, 0.2) is 42.6 Å². The molecule has 5 heteroatoms. The Bertz CT molecular complexity index is 595. The third-order valence-electron chi connectivity index (χ3n) is 3.07. The average molecular weight is 270 g/mol. The van der Waals surface area contributed by atoms with Crippen molar-refractivity contribution in [1.29, 1.82) is 5.41 Å². The van der Waals surface area contributed by atoms with Gasteiger partial charge in [-0.25, -0.2) is 4.98 Å². The third kappa shape index (κ3) is 3.06. The van der Waals surface area contributed by atoms with Crippen LogP contribution in [0.4, 0.5) is 5.69 Å².